The van der Waals surface area contributed by atoms with Gasteiger partial charge in [0.05, 0.1) is 6.10 Å². The minimum Gasteiger partial charge on any atom is -0.508 e. The number of unbranched alkanes of at least 4 members (excludes halogenated alkanes) is 1. The van der Waals surface area contributed by atoms with Crippen molar-refractivity contribution in [3.63, 3.8) is 0 Å². The smallest absolute Gasteiger partial charge is 0.245 e. The van der Waals surface area contributed by atoms with Gasteiger partial charge in [0.15, 0.2) is 0 Å². The van der Waals surface area contributed by atoms with E-state index in [1.807, 2.05) is 49.4 Å². The van der Waals surface area contributed by atoms with Crippen LogP contribution in [0.25, 0.3) is 10.9 Å². The zero-order valence-electron chi connectivity index (χ0n) is 40.0. The highest BCUT2D eigenvalue weighted by Crippen LogP contribution is 2.29. The fraction of sp³-hybridized carbons (Fsp3) is 0.392. The number of amides is 6. The van der Waals surface area contributed by atoms with Gasteiger partial charge in [0.2, 0.25) is 35.4 Å². The third-order valence-corrected chi connectivity index (χ3v) is 14.1. The van der Waals surface area contributed by atoms with Crippen LogP contribution >= 0.6 is 21.6 Å². The van der Waals surface area contributed by atoms with Crippen LogP contribution in [-0.4, -0.2) is 135 Å². The monoisotopic (exact) mass is 995 g/mol. The van der Waals surface area contributed by atoms with Gasteiger partial charge in [-0.15, -0.1) is 0 Å². The van der Waals surface area contributed by atoms with Gasteiger partial charge in [-0.2, -0.15) is 0 Å². The van der Waals surface area contributed by atoms with E-state index in [0.717, 1.165) is 34.3 Å². The number of H-pyrrole nitrogens is 1. The van der Waals surface area contributed by atoms with Crippen molar-refractivity contribution in [2.45, 2.75) is 100 Å². The number of nitrogens with zero attached hydrogens (tertiary/aromatic N) is 3. The first-order valence-corrected chi connectivity index (χ1v) is 25.7. The third kappa shape index (κ3) is 16.4. The minimum absolute atomic E-state index is 0.00226. The summed E-state index contributed by atoms with van der Waals surface area (Å²) in [6, 6.07) is 21.8. The number of aromatic nitrogens is 2. The van der Waals surface area contributed by atoms with Crippen LogP contribution in [0, 0.1) is 0 Å². The number of hydrogen-bond acceptors (Lipinski definition) is 12. The van der Waals surface area contributed by atoms with E-state index in [9.17, 15) is 39.0 Å². The summed E-state index contributed by atoms with van der Waals surface area (Å²) in [6.45, 7) is 4.28. The maximum absolute atomic E-state index is 14.9. The van der Waals surface area contributed by atoms with Gasteiger partial charge in [0.1, 0.15) is 41.0 Å². The summed E-state index contributed by atoms with van der Waals surface area (Å²) in [7, 11) is 5.92. The van der Waals surface area contributed by atoms with Gasteiger partial charge in [-0.3, -0.25) is 28.8 Å². The van der Waals surface area contributed by atoms with Crippen LogP contribution in [0.2, 0.25) is 0 Å². The molecule has 6 amide bonds. The van der Waals surface area contributed by atoms with E-state index in [4.69, 9.17) is 5.73 Å². The van der Waals surface area contributed by atoms with E-state index in [-0.39, 0.29) is 43.8 Å². The number of hydrogen-bond donors (Lipinski definition) is 8. The number of phenolic OH excluding ortho intramolecular Hbond substituents is 1. The number of likely N-dealkylation sites (N-methyl/N-ethyl adjacent to an activating group) is 2. The number of aromatic amines is 1. The Morgan fingerprint density at radius 3 is 2.10 bits per heavy atom. The van der Waals surface area contributed by atoms with Gasteiger partial charge >= 0.3 is 0 Å². The number of benzene rings is 3. The molecule has 2 heterocycles. The molecule has 0 spiro atoms. The van der Waals surface area contributed by atoms with Crippen molar-refractivity contribution in [3.8, 4) is 5.75 Å². The predicted molar refractivity (Wildman–Crippen MR) is 273 cm³/mol. The SMILES string of the molecule is CCCCN(CCSSc1ccccn1)C(=O)CC[C@@H](C(=O)N[C@@H](Cc1ccc(O)cc1)C(=O)N[C@H](Cc1c[nH]c2ccccc12)C(=O)NC)N(C)C(=O)[C@H](Cc1ccccc1)NC(=O)[C@@H](N)[C@@H](C)O. The molecular formula is C51H65N9O8S2. The lowest BCUT2D eigenvalue weighted by atomic mass is 10.00. The summed E-state index contributed by atoms with van der Waals surface area (Å²) >= 11 is 0. The number of aromatic hydroxyl groups is 1. The Labute approximate surface area is 416 Å². The second-order valence-corrected chi connectivity index (χ2v) is 19.4. The first-order chi connectivity index (χ1) is 33.7. The topological polar surface area (TPSA) is 252 Å². The molecule has 6 atom stereocenters. The summed E-state index contributed by atoms with van der Waals surface area (Å²) in [6.07, 6.45) is 3.53. The first-order valence-electron chi connectivity index (χ1n) is 23.4. The van der Waals surface area contributed by atoms with Gasteiger partial charge in [0, 0.05) is 81.9 Å². The van der Waals surface area contributed by atoms with E-state index < -0.39 is 65.8 Å². The molecule has 0 radical (unpaired) electrons. The van der Waals surface area contributed by atoms with Crippen molar-refractivity contribution in [1.82, 2.24) is 41.0 Å². The average molecular weight is 996 g/mol. The quantitative estimate of drug-likeness (QED) is 0.0276. The maximum atomic E-state index is 14.9. The highest BCUT2D eigenvalue weighted by atomic mass is 33.1. The Bertz CT molecular complexity index is 2480. The molecule has 0 aliphatic heterocycles. The summed E-state index contributed by atoms with van der Waals surface area (Å²) in [5, 5.41) is 32.9. The van der Waals surface area contributed by atoms with Gasteiger partial charge in [-0.05, 0) is 77.6 Å². The Hall–Kier alpha value is -6.41. The van der Waals surface area contributed by atoms with Crippen molar-refractivity contribution in [3.05, 3.63) is 126 Å². The van der Waals surface area contributed by atoms with E-state index in [1.165, 1.54) is 48.8 Å². The highest BCUT2D eigenvalue weighted by Gasteiger charge is 2.36. The van der Waals surface area contributed by atoms with Gasteiger partial charge in [-0.1, -0.05) is 90.9 Å². The number of phenols is 1. The molecule has 2 aromatic heterocycles. The van der Waals surface area contributed by atoms with E-state index in [1.54, 1.807) is 70.6 Å². The number of aliphatic hydroxyl groups excluding tert-OH is 1. The molecule has 19 heteroatoms. The minimum atomic E-state index is -1.37. The lowest BCUT2D eigenvalue weighted by Gasteiger charge is -2.33. The lowest BCUT2D eigenvalue weighted by molar-refractivity contribution is -0.144. The lowest BCUT2D eigenvalue weighted by Crippen LogP contribution is -2.60. The normalized spacial score (nSPS) is 13.7. The van der Waals surface area contributed by atoms with Crippen molar-refractivity contribution >= 4 is 67.9 Å². The molecule has 5 aromatic rings. The summed E-state index contributed by atoms with van der Waals surface area (Å²) in [5.41, 5.74) is 8.88. The first kappa shape index (κ1) is 54.5. The number of pyridine rings is 1. The molecule has 3 aromatic carbocycles. The molecule has 0 unspecified atom stereocenters. The fourth-order valence-corrected chi connectivity index (χ4v) is 9.60. The molecule has 0 saturated heterocycles. The second-order valence-electron chi connectivity index (χ2n) is 17.0. The predicted octanol–water partition coefficient (Wildman–Crippen LogP) is 3.88. The van der Waals surface area contributed by atoms with Crippen LogP contribution in [0.4, 0.5) is 0 Å². The van der Waals surface area contributed by atoms with Crippen LogP contribution in [-0.2, 0) is 48.0 Å². The van der Waals surface area contributed by atoms with Crippen molar-refractivity contribution in [1.29, 1.82) is 0 Å². The molecule has 0 bridgehead atoms. The van der Waals surface area contributed by atoms with E-state index in [2.05, 4.69) is 31.2 Å². The Morgan fingerprint density at radius 2 is 1.41 bits per heavy atom. The number of aliphatic hydroxyl groups is 1. The Morgan fingerprint density at radius 1 is 0.771 bits per heavy atom. The zero-order chi connectivity index (χ0) is 50.6. The van der Waals surface area contributed by atoms with Crippen molar-refractivity contribution in [2.24, 2.45) is 5.73 Å². The molecule has 0 fully saturated rings. The van der Waals surface area contributed by atoms with Gasteiger partial charge in [-0.25, -0.2) is 4.98 Å². The average Bonchev–Trinajstić information content (AvgIpc) is 3.78. The Balaban J connectivity index is 1.45. The summed E-state index contributed by atoms with van der Waals surface area (Å²) in [5.74, 6) is -3.08. The molecule has 5 rings (SSSR count). The largest absolute Gasteiger partial charge is 0.508 e. The number of rotatable bonds is 27. The van der Waals surface area contributed by atoms with Gasteiger partial charge in [0.25, 0.3) is 0 Å². The third-order valence-electron chi connectivity index (χ3n) is 11.8. The molecule has 9 N–H and O–H groups in total. The number of carbonyl (C=O) groups excluding carboxylic acids is 6. The Kier molecular flexibility index (Phi) is 21.6. The molecular weight excluding hydrogens is 931 g/mol. The van der Waals surface area contributed by atoms with Crippen LogP contribution in [0.5, 0.6) is 5.75 Å². The molecule has 374 valence electrons. The highest BCUT2D eigenvalue weighted by molar-refractivity contribution is 8.76. The maximum Gasteiger partial charge on any atom is 0.245 e. The molecule has 17 nitrogen and oxygen atoms in total. The fourth-order valence-electron chi connectivity index (χ4n) is 7.73. The van der Waals surface area contributed by atoms with Crippen LogP contribution < -0.4 is 27.0 Å². The standard InChI is InChI=1S/C51H65N9O8S2/c1-5-6-26-60(27-28-69-70-44-18-12-13-25-54-44)45(63)24-23-43(59(4)51(68)42(30-34-14-8-7-9-15-34)58-50(67)46(52)33(2)61)49(66)57-40(29-35-19-21-37(62)22-20-35)48(65)56-41(47(64)53-3)31-36-32-55-39-17-11-10-16-38(36)39/h7-22,25,32-33,40-43,46,55,61-62H,5-6,23-24,26-31,52H2,1-4H3,(H,53,64)(H,56,65)(H,57,66)(H,58,67)/t33-,40+,41-,42+,43+,46+/m1/s1. The molecule has 0 aliphatic rings. The molecule has 70 heavy (non-hydrogen) atoms. The number of carbonyl (C=O) groups is 6. The van der Waals surface area contributed by atoms with Crippen LogP contribution in [0.15, 0.2) is 114 Å². The van der Waals surface area contributed by atoms with Gasteiger partial charge < -0.3 is 52.0 Å². The summed E-state index contributed by atoms with van der Waals surface area (Å²) < 4.78 is 0. The summed E-state index contributed by atoms with van der Waals surface area (Å²) in [4.78, 5) is 95.6. The molecule has 0 aliphatic carbocycles. The number of fused-ring (bicyclic) bond motifs is 1. The van der Waals surface area contributed by atoms with Crippen LogP contribution in [0.3, 0.4) is 0 Å². The molecule has 0 saturated carbocycles. The number of nitrogens with two attached hydrogens (primary N) is 1. The van der Waals surface area contributed by atoms with Crippen LogP contribution in [0.1, 0.15) is 56.2 Å². The van der Waals surface area contributed by atoms with E-state index in [0.29, 0.717) is 30.0 Å². The number of para-hydroxylation sites is 1. The second kappa shape index (κ2) is 27.7. The number of nitrogens with one attached hydrogen (secondary N) is 5. The zero-order valence-corrected chi connectivity index (χ0v) is 41.6. The van der Waals surface area contributed by atoms with E-state index >= 15 is 0 Å². The van der Waals surface area contributed by atoms with Crippen molar-refractivity contribution < 1.29 is 39.0 Å². The van der Waals surface area contributed by atoms with Crippen molar-refractivity contribution in [2.75, 3.05) is 32.9 Å².